The Bertz CT molecular complexity index is 575. The van der Waals surface area contributed by atoms with Gasteiger partial charge in [-0.15, -0.1) is 11.3 Å². The number of benzene rings is 1. The minimum absolute atomic E-state index is 0.0756. The van der Waals surface area contributed by atoms with Crippen LogP contribution in [-0.2, 0) is 6.42 Å². The molecule has 1 heterocycles. The predicted molar refractivity (Wildman–Crippen MR) is 77.2 cm³/mol. The molecule has 0 bridgehead atoms. The number of aryl methyl sites for hydroxylation is 1. The third kappa shape index (κ3) is 2.54. The summed E-state index contributed by atoms with van der Waals surface area (Å²) in [5.74, 6) is -0.0756. The van der Waals surface area contributed by atoms with Crippen LogP contribution in [0.25, 0.3) is 0 Å². The smallest absolute Gasteiger partial charge is 0.265 e. The van der Waals surface area contributed by atoms with Gasteiger partial charge in [0.25, 0.3) is 5.91 Å². The summed E-state index contributed by atoms with van der Waals surface area (Å²) in [6, 6.07) is 9.37. The quantitative estimate of drug-likeness (QED) is 0.830. The van der Waals surface area contributed by atoms with Crippen LogP contribution in [0.4, 0.5) is 11.4 Å². The highest BCUT2D eigenvalue weighted by atomic mass is 32.1. The number of anilines is 2. The summed E-state index contributed by atoms with van der Waals surface area (Å²) >= 11 is 1.53. The predicted octanol–water partition coefficient (Wildman–Crippen LogP) is 3.45. The summed E-state index contributed by atoms with van der Waals surface area (Å²) in [5.41, 5.74) is 8.17. The lowest BCUT2D eigenvalue weighted by Crippen LogP contribution is -2.11. The second kappa shape index (κ2) is 5.23. The molecular formula is C14H16N2OS. The molecular weight excluding hydrogens is 244 g/mol. The van der Waals surface area contributed by atoms with Crippen LogP contribution in [0.1, 0.15) is 27.0 Å². The first-order valence-electron chi connectivity index (χ1n) is 5.87. The number of rotatable bonds is 3. The summed E-state index contributed by atoms with van der Waals surface area (Å²) in [4.78, 5) is 14.0. The molecule has 1 aromatic carbocycles. The van der Waals surface area contributed by atoms with E-state index in [1.165, 1.54) is 16.2 Å². The van der Waals surface area contributed by atoms with Gasteiger partial charge in [-0.05, 0) is 43.2 Å². The Morgan fingerprint density at radius 1 is 1.33 bits per heavy atom. The van der Waals surface area contributed by atoms with Gasteiger partial charge in [-0.25, -0.2) is 0 Å². The lowest BCUT2D eigenvalue weighted by Gasteiger charge is -2.09. The van der Waals surface area contributed by atoms with Crippen molar-refractivity contribution in [3.63, 3.8) is 0 Å². The van der Waals surface area contributed by atoms with E-state index < -0.39 is 0 Å². The lowest BCUT2D eigenvalue weighted by molar-refractivity contribution is 0.103. The van der Waals surface area contributed by atoms with Crippen LogP contribution in [0.15, 0.2) is 30.3 Å². The molecule has 0 saturated heterocycles. The van der Waals surface area contributed by atoms with Crippen molar-refractivity contribution >= 4 is 28.6 Å². The van der Waals surface area contributed by atoms with Crippen LogP contribution in [0, 0.1) is 6.92 Å². The highest BCUT2D eigenvalue weighted by Crippen LogP contribution is 2.23. The summed E-state index contributed by atoms with van der Waals surface area (Å²) < 4.78 is 0. The number of carbonyl (C=O) groups excluding carboxylic acids is 1. The van der Waals surface area contributed by atoms with Crippen molar-refractivity contribution in [3.8, 4) is 0 Å². The van der Waals surface area contributed by atoms with E-state index >= 15 is 0 Å². The third-order valence-corrected chi connectivity index (χ3v) is 4.09. The maximum absolute atomic E-state index is 12.1. The average Bonchev–Trinajstić information content (AvgIpc) is 2.83. The van der Waals surface area contributed by atoms with Crippen LogP contribution in [0.3, 0.4) is 0 Å². The highest BCUT2D eigenvalue weighted by molar-refractivity contribution is 7.14. The summed E-state index contributed by atoms with van der Waals surface area (Å²) in [6.45, 7) is 3.98. The molecule has 3 nitrogen and oxygen atoms in total. The lowest BCUT2D eigenvalue weighted by atomic mass is 10.1. The van der Waals surface area contributed by atoms with Gasteiger partial charge in [0.05, 0.1) is 4.88 Å². The number of nitrogen functional groups attached to an aromatic ring is 1. The van der Waals surface area contributed by atoms with Gasteiger partial charge >= 0.3 is 0 Å². The molecule has 0 fully saturated rings. The van der Waals surface area contributed by atoms with Crippen LogP contribution in [0.2, 0.25) is 0 Å². The minimum Gasteiger partial charge on any atom is -0.398 e. The molecule has 0 aliphatic rings. The molecule has 0 spiro atoms. The zero-order valence-corrected chi connectivity index (χ0v) is 11.3. The second-order valence-electron chi connectivity index (χ2n) is 4.09. The van der Waals surface area contributed by atoms with Gasteiger partial charge in [-0.1, -0.05) is 13.0 Å². The fourth-order valence-electron chi connectivity index (χ4n) is 1.66. The van der Waals surface area contributed by atoms with Gasteiger partial charge in [0.15, 0.2) is 0 Å². The Labute approximate surface area is 111 Å². The zero-order chi connectivity index (χ0) is 13.1. The number of thiophene rings is 1. The zero-order valence-electron chi connectivity index (χ0n) is 10.5. The number of amides is 1. The molecule has 1 aromatic heterocycles. The van der Waals surface area contributed by atoms with Gasteiger partial charge in [-0.3, -0.25) is 4.79 Å². The number of nitrogens with one attached hydrogen (secondary N) is 1. The van der Waals surface area contributed by atoms with Crippen molar-refractivity contribution < 1.29 is 4.79 Å². The van der Waals surface area contributed by atoms with Crippen LogP contribution >= 0.6 is 11.3 Å². The molecule has 2 aromatic rings. The number of hydrogen-bond donors (Lipinski definition) is 2. The van der Waals surface area contributed by atoms with E-state index in [0.29, 0.717) is 5.69 Å². The standard InChI is InChI=1S/C14H16N2OS/c1-3-10-7-8-13(18-10)14(17)16-12-6-4-5-11(15)9(12)2/h4-8H,3,15H2,1-2H3,(H,16,17). The Morgan fingerprint density at radius 2 is 2.11 bits per heavy atom. The molecule has 0 saturated carbocycles. The third-order valence-electron chi connectivity index (χ3n) is 2.86. The van der Waals surface area contributed by atoms with Crippen LogP contribution in [-0.4, -0.2) is 5.91 Å². The van der Waals surface area contributed by atoms with Crippen molar-refractivity contribution in [3.05, 3.63) is 45.6 Å². The topological polar surface area (TPSA) is 55.1 Å². The Balaban J connectivity index is 2.18. The fraction of sp³-hybridized carbons (Fsp3) is 0.214. The molecule has 0 atom stereocenters. The van der Waals surface area contributed by atoms with E-state index in [1.807, 2.05) is 37.3 Å². The summed E-state index contributed by atoms with van der Waals surface area (Å²) in [6.07, 6.45) is 0.954. The summed E-state index contributed by atoms with van der Waals surface area (Å²) in [7, 11) is 0. The van der Waals surface area contributed by atoms with Crippen molar-refractivity contribution in [2.24, 2.45) is 0 Å². The first-order valence-corrected chi connectivity index (χ1v) is 6.68. The SMILES string of the molecule is CCc1ccc(C(=O)Nc2cccc(N)c2C)s1. The Morgan fingerprint density at radius 3 is 2.78 bits per heavy atom. The van der Waals surface area contributed by atoms with Crippen LogP contribution in [0.5, 0.6) is 0 Å². The van der Waals surface area contributed by atoms with E-state index in [1.54, 1.807) is 0 Å². The second-order valence-corrected chi connectivity index (χ2v) is 5.26. The van der Waals surface area contributed by atoms with E-state index in [-0.39, 0.29) is 5.91 Å². The van der Waals surface area contributed by atoms with E-state index in [9.17, 15) is 4.79 Å². The van der Waals surface area contributed by atoms with E-state index in [0.717, 1.165) is 22.5 Å². The first kappa shape index (κ1) is 12.6. The van der Waals surface area contributed by atoms with Crippen molar-refractivity contribution in [2.45, 2.75) is 20.3 Å². The van der Waals surface area contributed by atoms with Crippen LogP contribution < -0.4 is 11.1 Å². The monoisotopic (exact) mass is 260 g/mol. The molecule has 2 rings (SSSR count). The molecule has 0 unspecified atom stereocenters. The normalized spacial score (nSPS) is 10.3. The van der Waals surface area contributed by atoms with E-state index in [4.69, 9.17) is 5.73 Å². The minimum atomic E-state index is -0.0756. The number of carbonyl (C=O) groups is 1. The van der Waals surface area contributed by atoms with Gasteiger partial charge in [0.2, 0.25) is 0 Å². The number of hydrogen-bond acceptors (Lipinski definition) is 3. The van der Waals surface area contributed by atoms with E-state index in [2.05, 4.69) is 12.2 Å². The Hall–Kier alpha value is -1.81. The highest BCUT2D eigenvalue weighted by Gasteiger charge is 2.10. The molecule has 0 radical (unpaired) electrons. The molecule has 3 N–H and O–H groups in total. The molecule has 18 heavy (non-hydrogen) atoms. The molecule has 4 heteroatoms. The first-order chi connectivity index (χ1) is 8.61. The molecule has 0 aliphatic heterocycles. The Kier molecular flexibility index (Phi) is 3.67. The van der Waals surface area contributed by atoms with Gasteiger partial charge in [0.1, 0.15) is 0 Å². The van der Waals surface area contributed by atoms with Crippen molar-refractivity contribution in [1.29, 1.82) is 0 Å². The maximum atomic E-state index is 12.1. The molecule has 1 amide bonds. The molecule has 94 valence electrons. The van der Waals surface area contributed by atoms with Crippen molar-refractivity contribution in [2.75, 3.05) is 11.1 Å². The molecule has 0 aliphatic carbocycles. The van der Waals surface area contributed by atoms with Crippen molar-refractivity contribution in [1.82, 2.24) is 0 Å². The van der Waals surface area contributed by atoms with Gasteiger partial charge < -0.3 is 11.1 Å². The largest absolute Gasteiger partial charge is 0.398 e. The number of nitrogens with two attached hydrogens (primary N) is 1. The average molecular weight is 260 g/mol. The van der Waals surface area contributed by atoms with Gasteiger partial charge in [0, 0.05) is 16.3 Å². The fourth-order valence-corrected chi connectivity index (χ4v) is 2.51. The summed E-state index contributed by atoms with van der Waals surface area (Å²) in [5, 5.41) is 2.90. The maximum Gasteiger partial charge on any atom is 0.265 e. The van der Waals surface area contributed by atoms with Gasteiger partial charge in [-0.2, -0.15) is 0 Å².